The van der Waals surface area contributed by atoms with E-state index in [-0.39, 0.29) is 16.1 Å². The Morgan fingerprint density at radius 2 is 1.97 bits per heavy atom. The van der Waals surface area contributed by atoms with E-state index in [1.807, 2.05) is 6.07 Å². The predicted octanol–water partition coefficient (Wildman–Crippen LogP) is 3.95. The van der Waals surface area contributed by atoms with Crippen molar-refractivity contribution < 1.29 is 19.0 Å². The van der Waals surface area contributed by atoms with Gasteiger partial charge in [-0.1, -0.05) is 62.3 Å². The van der Waals surface area contributed by atoms with Gasteiger partial charge >= 0.3 is 0 Å². The second-order valence-electron chi connectivity index (χ2n) is 7.94. The fraction of sp³-hybridized carbons (Fsp3) is 0.667. The largest absolute Gasteiger partial charge is 0.490 e. The molecule has 1 aromatic carbocycles. The third-order valence-electron chi connectivity index (χ3n) is 3.30. The standard InChI is InChI=1S/C21H36N2O4S2/c1-16(2)14-25-11-12-26-19(28-29-21(3,4)5)15-27-18-8-6-7-17(13-18)20(24)23-10-9-22/h6-8,13,16,19H,9-12,14-15,22H2,1-5H3,(H,23,24). The molecule has 0 aliphatic heterocycles. The zero-order valence-corrected chi connectivity index (χ0v) is 19.9. The summed E-state index contributed by atoms with van der Waals surface area (Å²) in [5.41, 5.74) is 5.84. The number of nitrogens with one attached hydrogen (secondary N) is 1. The molecule has 3 N–H and O–H groups in total. The molecular formula is C21H36N2O4S2. The molecule has 29 heavy (non-hydrogen) atoms. The summed E-state index contributed by atoms with van der Waals surface area (Å²) < 4.78 is 17.6. The fourth-order valence-electron chi connectivity index (χ4n) is 2.04. The highest BCUT2D eigenvalue weighted by molar-refractivity contribution is 8.77. The Morgan fingerprint density at radius 1 is 1.21 bits per heavy atom. The Bertz CT molecular complexity index is 594. The van der Waals surface area contributed by atoms with Crippen molar-refractivity contribution in [2.75, 3.05) is 39.5 Å². The summed E-state index contributed by atoms with van der Waals surface area (Å²) in [6.07, 6.45) is 0. The highest BCUT2D eigenvalue weighted by Crippen LogP contribution is 2.38. The summed E-state index contributed by atoms with van der Waals surface area (Å²) in [7, 11) is 3.41. The van der Waals surface area contributed by atoms with Gasteiger partial charge in [0.05, 0.1) is 13.2 Å². The monoisotopic (exact) mass is 444 g/mol. The maximum Gasteiger partial charge on any atom is 0.251 e. The summed E-state index contributed by atoms with van der Waals surface area (Å²) in [6.45, 7) is 13.8. The molecule has 0 fully saturated rings. The number of carbonyl (C=O) groups excluding carboxylic acids is 1. The van der Waals surface area contributed by atoms with Gasteiger partial charge in [0, 0.05) is 30.0 Å². The molecule has 1 amide bonds. The molecule has 0 bridgehead atoms. The number of amides is 1. The Balaban J connectivity index is 2.57. The van der Waals surface area contributed by atoms with Crippen LogP contribution in [0.5, 0.6) is 5.75 Å². The molecule has 0 spiro atoms. The minimum atomic E-state index is -0.159. The zero-order valence-electron chi connectivity index (χ0n) is 18.2. The third-order valence-corrected chi connectivity index (χ3v) is 6.82. The van der Waals surface area contributed by atoms with Gasteiger partial charge in [-0.25, -0.2) is 0 Å². The molecule has 1 atom stereocenters. The van der Waals surface area contributed by atoms with Crippen LogP contribution in [0.4, 0.5) is 0 Å². The minimum Gasteiger partial charge on any atom is -0.490 e. The Kier molecular flexibility index (Phi) is 12.7. The van der Waals surface area contributed by atoms with E-state index in [1.54, 1.807) is 39.8 Å². The number of carbonyl (C=O) groups is 1. The van der Waals surface area contributed by atoms with Crippen LogP contribution in [0, 0.1) is 5.92 Å². The van der Waals surface area contributed by atoms with E-state index in [9.17, 15) is 4.79 Å². The first-order valence-corrected chi connectivity index (χ1v) is 12.2. The van der Waals surface area contributed by atoms with E-state index in [2.05, 4.69) is 39.9 Å². The average molecular weight is 445 g/mol. The van der Waals surface area contributed by atoms with Crippen molar-refractivity contribution in [1.82, 2.24) is 5.32 Å². The maximum atomic E-state index is 12.1. The first-order valence-electron chi connectivity index (χ1n) is 9.96. The van der Waals surface area contributed by atoms with Gasteiger partial charge in [0.2, 0.25) is 0 Å². The number of hydrogen-bond donors (Lipinski definition) is 2. The van der Waals surface area contributed by atoms with E-state index in [1.165, 1.54) is 0 Å². The van der Waals surface area contributed by atoms with Gasteiger partial charge < -0.3 is 25.3 Å². The molecule has 0 saturated carbocycles. The summed E-state index contributed by atoms with van der Waals surface area (Å²) >= 11 is 0. The summed E-state index contributed by atoms with van der Waals surface area (Å²) in [6, 6.07) is 7.13. The smallest absolute Gasteiger partial charge is 0.251 e. The lowest BCUT2D eigenvalue weighted by molar-refractivity contribution is 0.0165. The van der Waals surface area contributed by atoms with Crippen LogP contribution >= 0.6 is 21.6 Å². The van der Waals surface area contributed by atoms with Gasteiger partial charge in [0.15, 0.2) is 0 Å². The van der Waals surface area contributed by atoms with Crippen molar-refractivity contribution in [3.05, 3.63) is 29.8 Å². The molecule has 1 unspecified atom stereocenters. The highest BCUT2D eigenvalue weighted by Gasteiger charge is 2.18. The van der Waals surface area contributed by atoms with Crippen LogP contribution in [0.25, 0.3) is 0 Å². The van der Waals surface area contributed by atoms with Gasteiger partial charge in [-0.3, -0.25) is 4.79 Å². The van der Waals surface area contributed by atoms with Crippen LogP contribution in [0.3, 0.4) is 0 Å². The van der Waals surface area contributed by atoms with Crippen molar-refractivity contribution in [2.45, 2.75) is 44.8 Å². The third kappa shape index (κ3) is 13.1. The van der Waals surface area contributed by atoms with Crippen LogP contribution in [-0.4, -0.2) is 55.6 Å². The molecule has 0 radical (unpaired) electrons. The minimum absolute atomic E-state index is 0.113. The van der Waals surface area contributed by atoms with Crippen molar-refractivity contribution in [1.29, 1.82) is 0 Å². The Hall–Kier alpha value is -0.930. The van der Waals surface area contributed by atoms with E-state index in [4.69, 9.17) is 19.9 Å². The van der Waals surface area contributed by atoms with E-state index in [0.717, 1.165) is 6.61 Å². The van der Waals surface area contributed by atoms with Gasteiger partial charge in [-0.05, 0) is 24.1 Å². The van der Waals surface area contributed by atoms with Crippen molar-refractivity contribution >= 4 is 27.5 Å². The van der Waals surface area contributed by atoms with E-state index < -0.39 is 0 Å². The Morgan fingerprint density at radius 3 is 2.62 bits per heavy atom. The SMILES string of the molecule is CC(C)COCCOC(COc1cccc(C(=O)NCCN)c1)SSC(C)(C)C. The van der Waals surface area contributed by atoms with E-state index in [0.29, 0.717) is 50.1 Å². The Labute approximate surface area is 183 Å². The number of ether oxygens (including phenoxy) is 3. The molecular weight excluding hydrogens is 408 g/mol. The lowest BCUT2D eigenvalue weighted by atomic mass is 10.2. The normalized spacial score (nSPS) is 12.8. The second kappa shape index (κ2) is 14.1. The number of rotatable bonds is 14. The molecule has 0 heterocycles. The summed E-state index contributed by atoms with van der Waals surface area (Å²) in [4.78, 5) is 12.1. The van der Waals surface area contributed by atoms with Gasteiger partial charge in [-0.15, -0.1) is 0 Å². The lowest BCUT2D eigenvalue weighted by Gasteiger charge is -2.22. The van der Waals surface area contributed by atoms with Crippen LogP contribution in [-0.2, 0) is 9.47 Å². The first kappa shape index (κ1) is 26.1. The first-order chi connectivity index (χ1) is 13.7. The fourth-order valence-corrected chi connectivity index (χ4v) is 4.23. The highest BCUT2D eigenvalue weighted by atomic mass is 33.1. The average Bonchev–Trinajstić information content (AvgIpc) is 2.66. The molecule has 0 saturated heterocycles. The van der Waals surface area contributed by atoms with Crippen LogP contribution < -0.4 is 15.8 Å². The molecule has 0 aliphatic rings. The van der Waals surface area contributed by atoms with Gasteiger partial charge in [0.1, 0.15) is 17.8 Å². The molecule has 166 valence electrons. The van der Waals surface area contributed by atoms with Crippen LogP contribution in [0.2, 0.25) is 0 Å². The lowest BCUT2D eigenvalue weighted by Crippen LogP contribution is -2.29. The molecule has 1 aromatic rings. The van der Waals surface area contributed by atoms with Crippen LogP contribution in [0.1, 0.15) is 45.0 Å². The molecule has 8 heteroatoms. The molecule has 1 rings (SSSR count). The number of benzene rings is 1. The molecule has 0 aliphatic carbocycles. The van der Waals surface area contributed by atoms with Crippen molar-refractivity contribution in [3.63, 3.8) is 0 Å². The zero-order chi connectivity index (χ0) is 21.7. The summed E-state index contributed by atoms with van der Waals surface area (Å²) in [5, 5.41) is 2.76. The predicted molar refractivity (Wildman–Crippen MR) is 124 cm³/mol. The number of hydrogen-bond acceptors (Lipinski definition) is 7. The van der Waals surface area contributed by atoms with E-state index >= 15 is 0 Å². The van der Waals surface area contributed by atoms with Crippen LogP contribution in [0.15, 0.2) is 24.3 Å². The topological polar surface area (TPSA) is 82.8 Å². The van der Waals surface area contributed by atoms with Gasteiger partial charge in [0.25, 0.3) is 5.91 Å². The molecule has 6 nitrogen and oxygen atoms in total. The van der Waals surface area contributed by atoms with Crippen molar-refractivity contribution in [3.8, 4) is 5.75 Å². The number of nitrogens with two attached hydrogens (primary N) is 1. The second-order valence-corrected chi connectivity index (χ2v) is 11.1. The molecule has 0 aromatic heterocycles. The maximum absolute atomic E-state index is 12.1. The van der Waals surface area contributed by atoms with Gasteiger partial charge in [-0.2, -0.15) is 0 Å². The summed E-state index contributed by atoms with van der Waals surface area (Å²) in [5.74, 6) is 0.986. The quantitative estimate of drug-likeness (QED) is 0.255. The van der Waals surface area contributed by atoms with Crippen molar-refractivity contribution in [2.24, 2.45) is 11.7 Å².